The first-order valence-electron chi connectivity index (χ1n) is 5.83. The normalized spacial score (nSPS) is 20.6. The van der Waals surface area contributed by atoms with Gasteiger partial charge in [0.1, 0.15) is 5.82 Å². The van der Waals surface area contributed by atoms with Gasteiger partial charge in [0.25, 0.3) is 0 Å². The second-order valence-electron chi connectivity index (χ2n) is 4.56. The van der Waals surface area contributed by atoms with Gasteiger partial charge in [0.05, 0.1) is 11.7 Å². The largest absolute Gasteiger partial charge is 0.481 e. The van der Waals surface area contributed by atoms with Crippen molar-refractivity contribution >= 4 is 16.0 Å². The van der Waals surface area contributed by atoms with Crippen LogP contribution in [0.1, 0.15) is 12.0 Å². The van der Waals surface area contributed by atoms with Crippen molar-refractivity contribution in [3.8, 4) is 0 Å². The van der Waals surface area contributed by atoms with Crippen molar-refractivity contribution in [2.24, 2.45) is 5.92 Å². The van der Waals surface area contributed by atoms with Gasteiger partial charge in [-0.25, -0.2) is 17.1 Å². The number of carboxylic acid groups (broad SMARTS) is 1. The smallest absolute Gasteiger partial charge is 0.307 e. The minimum Gasteiger partial charge on any atom is -0.481 e. The van der Waals surface area contributed by atoms with E-state index in [0.717, 1.165) is 0 Å². The SMILES string of the molecule is O=C(O)[C@H]1CCN(S(=O)(=O)Cc2ccc(F)cc2)C1. The summed E-state index contributed by atoms with van der Waals surface area (Å²) in [5.74, 6) is -2.27. The predicted octanol–water partition coefficient (Wildman–Crippen LogP) is 1.06. The van der Waals surface area contributed by atoms with Crippen LogP contribution in [0.5, 0.6) is 0 Å². The van der Waals surface area contributed by atoms with Crippen LogP contribution in [-0.4, -0.2) is 36.9 Å². The summed E-state index contributed by atoms with van der Waals surface area (Å²) in [6.07, 6.45) is 0.331. The van der Waals surface area contributed by atoms with Crippen LogP contribution >= 0.6 is 0 Å². The molecule has 1 aliphatic rings. The molecule has 0 radical (unpaired) electrons. The first kappa shape index (κ1) is 14.0. The minimum atomic E-state index is -3.54. The van der Waals surface area contributed by atoms with Gasteiger partial charge < -0.3 is 5.11 Å². The van der Waals surface area contributed by atoms with Crippen LogP contribution in [0.2, 0.25) is 0 Å². The molecule has 2 rings (SSSR count). The number of halogens is 1. The van der Waals surface area contributed by atoms with Crippen LogP contribution in [0, 0.1) is 11.7 Å². The monoisotopic (exact) mass is 287 g/mol. The van der Waals surface area contributed by atoms with E-state index in [0.29, 0.717) is 12.0 Å². The van der Waals surface area contributed by atoms with Gasteiger partial charge >= 0.3 is 5.97 Å². The number of carbonyl (C=O) groups is 1. The highest BCUT2D eigenvalue weighted by Crippen LogP contribution is 2.22. The van der Waals surface area contributed by atoms with Crippen molar-refractivity contribution in [3.63, 3.8) is 0 Å². The van der Waals surface area contributed by atoms with E-state index in [1.54, 1.807) is 0 Å². The Bertz CT molecular complexity index is 570. The highest BCUT2D eigenvalue weighted by atomic mass is 32.2. The first-order valence-corrected chi connectivity index (χ1v) is 7.44. The lowest BCUT2D eigenvalue weighted by molar-refractivity contribution is -0.141. The van der Waals surface area contributed by atoms with Crippen LogP contribution in [0.25, 0.3) is 0 Å². The van der Waals surface area contributed by atoms with Gasteiger partial charge in [-0.15, -0.1) is 0 Å². The van der Waals surface area contributed by atoms with Gasteiger partial charge in [0.2, 0.25) is 10.0 Å². The first-order chi connectivity index (χ1) is 8.88. The molecule has 1 aromatic rings. The lowest BCUT2D eigenvalue weighted by Gasteiger charge is -2.15. The summed E-state index contributed by atoms with van der Waals surface area (Å²) in [5, 5.41) is 8.85. The summed E-state index contributed by atoms with van der Waals surface area (Å²) in [6.45, 7) is 0.235. The molecular weight excluding hydrogens is 273 g/mol. The van der Waals surface area contributed by atoms with Gasteiger partial charge in [0.15, 0.2) is 0 Å². The van der Waals surface area contributed by atoms with Crippen LogP contribution in [-0.2, 0) is 20.6 Å². The maximum absolute atomic E-state index is 12.7. The molecule has 1 aromatic carbocycles. The summed E-state index contributed by atoms with van der Waals surface area (Å²) in [7, 11) is -3.54. The predicted molar refractivity (Wildman–Crippen MR) is 66.3 cm³/mol. The van der Waals surface area contributed by atoms with E-state index in [4.69, 9.17) is 5.11 Å². The van der Waals surface area contributed by atoms with E-state index in [9.17, 15) is 17.6 Å². The average molecular weight is 287 g/mol. The molecule has 104 valence electrons. The third kappa shape index (κ3) is 3.30. The Labute approximate surface area is 110 Å². The zero-order valence-electron chi connectivity index (χ0n) is 10.1. The molecule has 7 heteroatoms. The molecule has 0 amide bonds. The second-order valence-corrected chi connectivity index (χ2v) is 6.53. The Morgan fingerprint density at radius 3 is 2.53 bits per heavy atom. The van der Waals surface area contributed by atoms with Crippen molar-refractivity contribution in [1.29, 1.82) is 0 Å². The molecular formula is C12H14FNO4S. The van der Waals surface area contributed by atoms with Crippen LogP contribution in [0.4, 0.5) is 4.39 Å². The summed E-state index contributed by atoms with van der Waals surface area (Å²) >= 11 is 0. The Morgan fingerprint density at radius 1 is 1.37 bits per heavy atom. The second kappa shape index (κ2) is 5.26. The molecule has 0 spiro atoms. The Morgan fingerprint density at radius 2 is 2.00 bits per heavy atom. The Hall–Kier alpha value is -1.47. The van der Waals surface area contributed by atoms with E-state index in [-0.39, 0.29) is 18.8 Å². The fourth-order valence-electron chi connectivity index (χ4n) is 2.06. The summed E-state index contributed by atoms with van der Waals surface area (Å²) in [5.41, 5.74) is 0.486. The van der Waals surface area contributed by atoms with E-state index in [1.807, 2.05) is 0 Å². The summed E-state index contributed by atoms with van der Waals surface area (Å²) in [6, 6.07) is 5.24. The van der Waals surface area contributed by atoms with Gasteiger partial charge in [-0.1, -0.05) is 12.1 Å². The quantitative estimate of drug-likeness (QED) is 0.898. The highest BCUT2D eigenvalue weighted by Gasteiger charge is 2.34. The lowest BCUT2D eigenvalue weighted by atomic mass is 10.1. The fraction of sp³-hybridized carbons (Fsp3) is 0.417. The van der Waals surface area contributed by atoms with Crippen molar-refractivity contribution < 1.29 is 22.7 Å². The molecule has 0 aliphatic carbocycles. The molecule has 0 saturated carbocycles. The molecule has 1 atom stereocenters. The zero-order chi connectivity index (χ0) is 14.0. The van der Waals surface area contributed by atoms with Crippen molar-refractivity contribution in [2.45, 2.75) is 12.2 Å². The van der Waals surface area contributed by atoms with Gasteiger partial charge in [-0.3, -0.25) is 4.79 Å². The topological polar surface area (TPSA) is 74.7 Å². The molecule has 1 fully saturated rings. The van der Waals surface area contributed by atoms with Crippen LogP contribution in [0.3, 0.4) is 0 Å². The lowest BCUT2D eigenvalue weighted by Crippen LogP contribution is -2.31. The van der Waals surface area contributed by atoms with Crippen LogP contribution in [0.15, 0.2) is 24.3 Å². The standard InChI is InChI=1S/C12H14FNO4S/c13-11-3-1-9(2-4-11)8-19(17,18)14-6-5-10(7-14)12(15)16/h1-4,10H,5-8H2,(H,15,16)/t10-/m0/s1. The van der Waals surface area contributed by atoms with Gasteiger partial charge in [0, 0.05) is 13.1 Å². The molecule has 19 heavy (non-hydrogen) atoms. The maximum Gasteiger partial charge on any atom is 0.307 e. The van der Waals surface area contributed by atoms with Crippen LogP contribution < -0.4 is 0 Å². The number of rotatable bonds is 4. The van der Waals surface area contributed by atoms with Crippen molar-refractivity contribution in [1.82, 2.24) is 4.31 Å². The third-order valence-electron chi connectivity index (χ3n) is 3.16. The zero-order valence-corrected chi connectivity index (χ0v) is 10.9. The van der Waals surface area contributed by atoms with Crippen molar-refractivity contribution in [2.75, 3.05) is 13.1 Å². The number of hydrogen-bond acceptors (Lipinski definition) is 3. The highest BCUT2D eigenvalue weighted by molar-refractivity contribution is 7.88. The van der Waals surface area contributed by atoms with Gasteiger partial charge in [-0.05, 0) is 24.1 Å². The van der Waals surface area contributed by atoms with E-state index < -0.39 is 27.7 Å². The molecule has 0 bridgehead atoms. The number of carboxylic acids is 1. The Kier molecular flexibility index (Phi) is 3.86. The molecule has 1 heterocycles. The molecule has 5 nitrogen and oxygen atoms in total. The van der Waals surface area contributed by atoms with Gasteiger partial charge in [-0.2, -0.15) is 0 Å². The fourth-order valence-corrected chi connectivity index (χ4v) is 3.65. The molecule has 1 saturated heterocycles. The van der Waals surface area contributed by atoms with E-state index >= 15 is 0 Å². The Balaban J connectivity index is 2.07. The van der Waals surface area contributed by atoms with E-state index in [1.165, 1.54) is 28.6 Å². The summed E-state index contributed by atoms with van der Waals surface area (Å²) < 4.78 is 38.1. The number of benzene rings is 1. The average Bonchev–Trinajstić information content (AvgIpc) is 2.82. The van der Waals surface area contributed by atoms with E-state index in [2.05, 4.69) is 0 Å². The number of aliphatic carboxylic acids is 1. The van der Waals surface area contributed by atoms with Crippen molar-refractivity contribution in [3.05, 3.63) is 35.6 Å². The molecule has 0 unspecified atom stereocenters. The molecule has 0 aromatic heterocycles. The number of sulfonamides is 1. The number of nitrogens with zero attached hydrogens (tertiary/aromatic N) is 1. The number of hydrogen-bond donors (Lipinski definition) is 1. The summed E-state index contributed by atoms with van der Waals surface area (Å²) in [4.78, 5) is 10.8. The third-order valence-corrected chi connectivity index (χ3v) is 4.97. The molecule has 1 N–H and O–H groups in total. The maximum atomic E-state index is 12.7. The minimum absolute atomic E-state index is 0.0128. The molecule has 1 aliphatic heterocycles.